The Hall–Kier alpha value is -9.04. The third kappa shape index (κ3) is 5.84. The molecule has 8 aromatic carbocycles. The van der Waals surface area contributed by atoms with Crippen LogP contribution in [0.2, 0.25) is 0 Å². The maximum atomic E-state index is 4.92. The minimum Gasteiger partial charge on any atom is -0.309 e. The molecule has 0 saturated heterocycles. The molecule has 0 aliphatic heterocycles. The molecule has 15 aromatic rings. The van der Waals surface area contributed by atoms with Crippen LogP contribution in [-0.4, -0.2) is 27.9 Å². The van der Waals surface area contributed by atoms with Gasteiger partial charge in [0.1, 0.15) is 11.3 Å². The van der Waals surface area contributed by atoms with Gasteiger partial charge in [-0.1, -0.05) is 121 Å². The van der Waals surface area contributed by atoms with Crippen molar-refractivity contribution in [2.45, 2.75) is 0 Å². The predicted molar refractivity (Wildman–Crippen MR) is 287 cm³/mol. The molecule has 0 aliphatic carbocycles. The number of fused-ring (bicyclic) bond motifs is 13. The SMILES string of the molecule is c1ccc(-c2ccc3c(c2)c2c4sc5c(ccc6c5c5cc(-c7ccccc7)ccc5n6-c5ccc(-c6cn7ccccc7n6)cc5)c4ccc2n3-c2ccc(-c3cn4ccccc4n3)cc2)cc1. The second kappa shape index (κ2) is 14.7. The first-order valence-electron chi connectivity index (χ1n) is 23.3. The fraction of sp³-hybridized carbons (Fsp3) is 0. The van der Waals surface area contributed by atoms with Crippen LogP contribution in [0.4, 0.5) is 0 Å². The van der Waals surface area contributed by atoms with E-state index in [-0.39, 0.29) is 0 Å². The summed E-state index contributed by atoms with van der Waals surface area (Å²) in [5.41, 5.74) is 17.7. The molecule has 0 N–H and O–H groups in total. The molecule has 6 nitrogen and oxygen atoms in total. The molecule has 0 aliphatic rings. The molecule has 15 rings (SSSR count). The lowest BCUT2D eigenvalue weighted by Crippen LogP contribution is -1.94. The topological polar surface area (TPSA) is 44.5 Å². The van der Waals surface area contributed by atoms with Crippen LogP contribution in [-0.2, 0) is 0 Å². The summed E-state index contributed by atoms with van der Waals surface area (Å²) in [4.78, 5) is 9.85. The number of aromatic nitrogens is 6. The highest BCUT2D eigenvalue weighted by atomic mass is 32.1. The fourth-order valence-corrected chi connectivity index (χ4v) is 12.2. The van der Waals surface area contributed by atoms with E-state index in [1.807, 2.05) is 60.1 Å². The third-order valence-electron chi connectivity index (χ3n) is 14.0. The van der Waals surface area contributed by atoms with Gasteiger partial charge in [0.2, 0.25) is 0 Å². The van der Waals surface area contributed by atoms with Crippen molar-refractivity contribution in [1.82, 2.24) is 27.9 Å². The van der Waals surface area contributed by atoms with Gasteiger partial charge in [0.05, 0.1) is 33.5 Å². The second-order valence-corrected chi connectivity index (χ2v) is 18.9. The smallest absolute Gasteiger partial charge is 0.137 e. The summed E-state index contributed by atoms with van der Waals surface area (Å²) < 4.78 is 11.6. The Morgan fingerprint density at radius 1 is 0.319 bits per heavy atom. The van der Waals surface area contributed by atoms with Crippen LogP contribution in [0.15, 0.2) is 231 Å². The normalized spacial score (nSPS) is 12.1. The Bertz CT molecular complexity index is 4160. The van der Waals surface area contributed by atoms with Crippen LogP contribution in [0.25, 0.3) is 131 Å². The fourth-order valence-electron chi connectivity index (χ4n) is 10.8. The molecular formula is C62H38N6S. The quantitative estimate of drug-likeness (QED) is 0.167. The Morgan fingerprint density at radius 3 is 1.16 bits per heavy atom. The molecule has 7 aromatic heterocycles. The Labute approximate surface area is 399 Å². The molecule has 69 heavy (non-hydrogen) atoms. The van der Waals surface area contributed by atoms with E-state index in [9.17, 15) is 0 Å². The molecule has 0 amide bonds. The van der Waals surface area contributed by atoms with Gasteiger partial charge in [-0.3, -0.25) is 0 Å². The standard InChI is InChI=1S/C62H38N6S/c1-3-11-39(12-4-1)43-21-29-53-49(35-43)59-55(67(53)45-23-17-41(18-24-45)51-37-65-33-9-7-15-57(65)63-51)31-27-47-48-28-32-56-60(62(48)69-61(47)59)50-36-44(40-13-5-2-6-14-40)22-30-54(50)68(56)46-25-19-42(20-26-46)52-38-66-34-10-8-16-58(66)64-52/h1-38H. The van der Waals surface area contributed by atoms with Crippen molar-refractivity contribution in [2.75, 3.05) is 0 Å². The molecule has 0 saturated carbocycles. The van der Waals surface area contributed by atoms with Crippen molar-refractivity contribution in [2.24, 2.45) is 0 Å². The van der Waals surface area contributed by atoms with Crippen LogP contribution in [0.1, 0.15) is 0 Å². The number of pyridine rings is 2. The first-order chi connectivity index (χ1) is 34.2. The molecule has 0 unspecified atom stereocenters. The first kappa shape index (κ1) is 38.1. The second-order valence-electron chi connectivity index (χ2n) is 17.9. The summed E-state index contributed by atoms with van der Waals surface area (Å²) in [6.07, 6.45) is 8.30. The van der Waals surface area contributed by atoms with Crippen molar-refractivity contribution in [3.05, 3.63) is 231 Å². The Balaban J connectivity index is 0.964. The Morgan fingerprint density at radius 2 is 0.725 bits per heavy atom. The number of rotatable bonds is 6. The van der Waals surface area contributed by atoms with Gasteiger partial charge in [-0.2, -0.15) is 0 Å². The van der Waals surface area contributed by atoms with Gasteiger partial charge < -0.3 is 17.9 Å². The van der Waals surface area contributed by atoms with Gasteiger partial charge >= 0.3 is 0 Å². The molecule has 0 radical (unpaired) electrons. The van der Waals surface area contributed by atoms with Gasteiger partial charge in [-0.15, -0.1) is 11.3 Å². The number of thiophene rings is 1. The van der Waals surface area contributed by atoms with E-state index >= 15 is 0 Å². The molecule has 7 heterocycles. The summed E-state index contributed by atoms with van der Waals surface area (Å²) in [6, 6.07) is 74.8. The number of benzene rings is 8. The van der Waals surface area contributed by atoms with E-state index in [1.165, 1.54) is 86.0 Å². The maximum absolute atomic E-state index is 4.92. The predicted octanol–water partition coefficient (Wildman–Crippen LogP) is 16.2. The largest absolute Gasteiger partial charge is 0.309 e. The van der Waals surface area contributed by atoms with E-state index in [0.29, 0.717) is 0 Å². The molecule has 0 bridgehead atoms. The summed E-state index contributed by atoms with van der Waals surface area (Å²) in [5, 5.41) is 7.57. The lowest BCUT2D eigenvalue weighted by molar-refractivity contribution is 1.18. The van der Waals surface area contributed by atoms with Crippen molar-refractivity contribution in [1.29, 1.82) is 0 Å². The van der Waals surface area contributed by atoms with Crippen LogP contribution in [0, 0.1) is 0 Å². The van der Waals surface area contributed by atoms with Crippen molar-refractivity contribution in [3.63, 3.8) is 0 Å². The highest BCUT2D eigenvalue weighted by molar-refractivity contribution is 7.27. The lowest BCUT2D eigenvalue weighted by atomic mass is 10.0. The zero-order chi connectivity index (χ0) is 45.2. The zero-order valence-corrected chi connectivity index (χ0v) is 37.8. The summed E-state index contributed by atoms with van der Waals surface area (Å²) in [7, 11) is 0. The molecular weight excluding hydrogens is 861 g/mol. The van der Waals surface area contributed by atoms with E-state index < -0.39 is 0 Å². The minimum atomic E-state index is 0.938. The van der Waals surface area contributed by atoms with Gasteiger partial charge in [0.25, 0.3) is 0 Å². The maximum Gasteiger partial charge on any atom is 0.137 e. The van der Waals surface area contributed by atoms with Crippen LogP contribution < -0.4 is 0 Å². The van der Waals surface area contributed by atoms with Gasteiger partial charge in [-0.05, 0) is 107 Å². The van der Waals surface area contributed by atoms with Gasteiger partial charge in [0.15, 0.2) is 0 Å². The van der Waals surface area contributed by atoms with E-state index in [4.69, 9.17) is 9.97 Å². The van der Waals surface area contributed by atoms with Crippen molar-refractivity contribution in [3.8, 4) is 56.1 Å². The highest BCUT2D eigenvalue weighted by Gasteiger charge is 2.23. The van der Waals surface area contributed by atoms with E-state index in [2.05, 4.69) is 200 Å². The molecule has 0 spiro atoms. The van der Waals surface area contributed by atoms with Crippen molar-refractivity contribution >= 4 is 86.4 Å². The molecule has 322 valence electrons. The zero-order valence-electron chi connectivity index (χ0n) is 37.0. The van der Waals surface area contributed by atoms with Crippen LogP contribution in [0.3, 0.4) is 0 Å². The van der Waals surface area contributed by atoms with Gasteiger partial charge in [-0.25, -0.2) is 9.97 Å². The van der Waals surface area contributed by atoms with Crippen molar-refractivity contribution < 1.29 is 0 Å². The van der Waals surface area contributed by atoms with Crippen LogP contribution >= 0.6 is 11.3 Å². The minimum absolute atomic E-state index is 0.938. The number of hydrogen-bond donors (Lipinski definition) is 0. The Kier molecular flexibility index (Phi) is 8.13. The third-order valence-corrected chi connectivity index (χ3v) is 15.3. The molecule has 0 fully saturated rings. The van der Waals surface area contributed by atoms with Crippen LogP contribution in [0.5, 0.6) is 0 Å². The molecule has 0 atom stereocenters. The van der Waals surface area contributed by atoms with E-state index in [1.54, 1.807) is 0 Å². The first-order valence-corrected chi connectivity index (χ1v) is 24.1. The average Bonchev–Trinajstić information content (AvgIpc) is 4.25. The average molecular weight is 899 g/mol. The number of nitrogens with zero attached hydrogens (tertiary/aromatic N) is 6. The number of imidazole rings is 2. The monoisotopic (exact) mass is 898 g/mol. The summed E-state index contributed by atoms with van der Waals surface area (Å²) in [5.74, 6) is 0. The molecule has 7 heteroatoms. The summed E-state index contributed by atoms with van der Waals surface area (Å²) >= 11 is 1.93. The highest BCUT2D eigenvalue weighted by Crippen LogP contribution is 2.48. The summed E-state index contributed by atoms with van der Waals surface area (Å²) in [6.45, 7) is 0. The van der Waals surface area contributed by atoms with Gasteiger partial charge in [0, 0.05) is 89.0 Å². The van der Waals surface area contributed by atoms with E-state index in [0.717, 1.165) is 45.2 Å². The number of hydrogen-bond acceptors (Lipinski definition) is 3. The lowest BCUT2D eigenvalue weighted by Gasteiger charge is -2.09.